The zero-order chi connectivity index (χ0) is 16.5. The van der Waals surface area contributed by atoms with Gasteiger partial charge in [-0.3, -0.25) is 0 Å². The Bertz CT molecular complexity index is 206. The van der Waals surface area contributed by atoms with Crippen LogP contribution in [0, 0.1) is 0 Å². The van der Waals surface area contributed by atoms with Crippen LogP contribution in [0.15, 0.2) is 0 Å². The number of rotatable bonds is 17. The van der Waals surface area contributed by atoms with Crippen LogP contribution in [0.25, 0.3) is 0 Å². The number of aliphatic hydroxyl groups excluding tert-OH is 2. The van der Waals surface area contributed by atoms with Gasteiger partial charge in [-0.25, -0.2) is 0 Å². The molecule has 0 amide bonds. The average Bonchev–Trinajstić information content (AvgIpc) is 2.52. The second-order valence-electron chi connectivity index (χ2n) is 7.00. The minimum Gasteiger partial charge on any atom is -0.393 e. The Morgan fingerprint density at radius 3 is 1.14 bits per heavy atom. The van der Waals surface area contributed by atoms with Crippen LogP contribution in [0.4, 0.5) is 0 Å². The summed E-state index contributed by atoms with van der Waals surface area (Å²) in [4.78, 5) is 0. The molecule has 22 heavy (non-hydrogen) atoms. The van der Waals surface area contributed by atoms with Gasteiger partial charge < -0.3 is 10.2 Å². The minimum atomic E-state index is -0.203. The van der Waals surface area contributed by atoms with Crippen LogP contribution in [0.5, 0.6) is 0 Å². The van der Waals surface area contributed by atoms with Gasteiger partial charge in [0.2, 0.25) is 0 Å². The van der Waals surface area contributed by atoms with E-state index in [1.54, 1.807) is 0 Å². The summed E-state index contributed by atoms with van der Waals surface area (Å²) in [5, 5.41) is 19.9. The van der Waals surface area contributed by atoms with E-state index in [2.05, 4.69) is 13.8 Å². The zero-order valence-corrected chi connectivity index (χ0v) is 15.4. The van der Waals surface area contributed by atoms with Crippen LogP contribution in [-0.4, -0.2) is 22.4 Å². The molecule has 0 spiro atoms. The molecule has 0 saturated carbocycles. The highest BCUT2D eigenvalue weighted by Crippen LogP contribution is 2.15. The van der Waals surface area contributed by atoms with Gasteiger partial charge in [0.15, 0.2) is 0 Å². The maximum Gasteiger partial charge on any atom is 0.0541 e. The molecule has 0 aliphatic carbocycles. The third-order valence-corrected chi connectivity index (χ3v) is 4.61. The number of hydrogen-bond acceptors (Lipinski definition) is 2. The molecule has 0 fully saturated rings. The quantitative estimate of drug-likeness (QED) is 0.324. The molecule has 0 bridgehead atoms. The Morgan fingerprint density at radius 2 is 0.773 bits per heavy atom. The van der Waals surface area contributed by atoms with Gasteiger partial charge in [-0.1, -0.05) is 90.9 Å². The summed E-state index contributed by atoms with van der Waals surface area (Å²) < 4.78 is 0. The normalized spacial score (nSPS) is 14.2. The molecule has 2 N–H and O–H groups in total. The largest absolute Gasteiger partial charge is 0.393 e. The molecule has 2 nitrogen and oxygen atoms in total. The van der Waals surface area contributed by atoms with Crippen molar-refractivity contribution in [2.75, 3.05) is 0 Å². The SMILES string of the molecule is CCCCCCCCC[C@H](O)CC[C@@H](O)CCCCCCC. The second-order valence-corrected chi connectivity index (χ2v) is 7.00. The van der Waals surface area contributed by atoms with Crippen LogP contribution in [0.1, 0.15) is 117 Å². The van der Waals surface area contributed by atoms with E-state index in [1.807, 2.05) is 0 Å². The topological polar surface area (TPSA) is 40.5 Å². The van der Waals surface area contributed by atoms with E-state index in [0.29, 0.717) is 0 Å². The van der Waals surface area contributed by atoms with Crippen LogP contribution < -0.4 is 0 Å². The van der Waals surface area contributed by atoms with E-state index < -0.39 is 0 Å². The Morgan fingerprint density at radius 1 is 0.455 bits per heavy atom. The van der Waals surface area contributed by atoms with Gasteiger partial charge in [0, 0.05) is 0 Å². The van der Waals surface area contributed by atoms with Crippen molar-refractivity contribution in [1.82, 2.24) is 0 Å². The van der Waals surface area contributed by atoms with Crippen molar-refractivity contribution in [3.05, 3.63) is 0 Å². The molecule has 0 radical (unpaired) electrons. The molecule has 0 saturated heterocycles. The molecule has 0 aliphatic rings. The van der Waals surface area contributed by atoms with Crippen LogP contribution in [-0.2, 0) is 0 Å². The lowest BCUT2D eigenvalue weighted by atomic mass is 10.00. The van der Waals surface area contributed by atoms with Gasteiger partial charge in [0.25, 0.3) is 0 Å². The first kappa shape index (κ1) is 21.9. The van der Waals surface area contributed by atoms with Crippen molar-refractivity contribution in [2.24, 2.45) is 0 Å². The summed E-state index contributed by atoms with van der Waals surface area (Å²) in [7, 11) is 0. The van der Waals surface area contributed by atoms with Crippen LogP contribution in [0.3, 0.4) is 0 Å². The molecule has 0 rings (SSSR count). The fraction of sp³-hybridized carbons (Fsp3) is 1.00. The van der Waals surface area contributed by atoms with Gasteiger partial charge >= 0.3 is 0 Å². The summed E-state index contributed by atoms with van der Waals surface area (Å²) in [6.07, 6.45) is 18.3. The van der Waals surface area contributed by atoms with E-state index in [0.717, 1.165) is 38.5 Å². The lowest BCUT2D eigenvalue weighted by Gasteiger charge is -2.14. The fourth-order valence-corrected chi connectivity index (χ4v) is 2.99. The van der Waals surface area contributed by atoms with E-state index in [9.17, 15) is 10.2 Å². The summed E-state index contributed by atoms with van der Waals surface area (Å²) in [6, 6.07) is 0. The van der Waals surface area contributed by atoms with Crippen molar-refractivity contribution in [3.8, 4) is 0 Å². The predicted octanol–water partition coefficient (Wildman–Crippen LogP) is 5.99. The monoisotopic (exact) mass is 314 g/mol. The van der Waals surface area contributed by atoms with E-state index in [-0.39, 0.29) is 12.2 Å². The van der Waals surface area contributed by atoms with Gasteiger partial charge in [0.1, 0.15) is 0 Å². The highest BCUT2D eigenvalue weighted by molar-refractivity contribution is 4.62. The lowest BCUT2D eigenvalue weighted by molar-refractivity contribution is 0.101. The molecule has 2 atom stereocenters. The highest BCUT2D eigenvalue weighted by Gasteiger charge is 2.09. The maximum absolute atomic E-state index is 9.97. The van der Waals surface area contributed by atoms with Crippen LogP contribution in [0.2, 0.25) is 0 Å². The number of aliphatic hydroxyl groups is 2. The van der Waals surface area contributed by atoms with E-state index >= 15 is 0 Å². The first-order chi connectivity index (χ1) is 10.7. The van der Waals surface area contributed by atoms with Crippen molar-refractivity contribution in [2.45, 2.75) is 129 Å². The molecular weight excluding hydrogens is 272 g/mol. The molecule has 2 heteroatoms. The Balaban J connectivity index is 3.31. The molecule has 134 valence electrons. The molecule has 0 heterocycles. The second kappa shape index (κ2) is 17.3. The van der Waals surface area contributed by atoms with Crippen molar-refractivity contribution in [3.63, 3.8) is 0 Å². The lowest BCUT2D eigenvalue weighted by Crippen LogP contribution is -2.13. The molecule has 0 aromatic rings. The predicted molar refractivity (Wildman–Crippen MR) is 97.2 cm³/mol. The van der Waals surface area contributed by atoms with Crippen molar-refractivity contribution < 1.29 is 10.2 Å². The molecule has 0 unspecified atom stereocenters. The third kappa shape index (κ3) is 16.3. The first-order valence-electron chi connectivity index (χ1n) is 10.1. The van der Waals surface area contributed by atoms with Crippen LogP contribution >= 0.6 is 0 Å². The molecular formula is C20H42O2. The number of hydrogen-bond donors (Lipinski definition) is 2. The third-order valence-electron chi connectivity index (χ3n) is 4.61. The van der Waals surface area contributed by atoms with E-state index in [4.69, 9.17) is 0 Å². The molecule has 0 aromatic heterocycles. The summed E-state index contributed by atoms with van der Waals surface area (Å²) >= 11 is 0. The van der Waals surface area contributed by atoms with Crippen molar-refractivity contribution >= 4 is 0 Å². The summed E-state index contributed by atoms with van der Waals surface area (Å²) in [5.41, 5.74) is 0. The molecule has 0 aliphatic heterocycles. The Kier molecular flexibility index (Phi) is 17.2. The van der Waals surface area contributed by atoms with Gasteiger partial charge in [-0.2, -0.15) is 0 Å². The van der Waals surface area contributed by atoms with Gasteiger partial charge in [-0.15, -0.1) is 0 Å². The fourth-order valence-electron chi connectivity index (χ4n) is 2.99. The average molecular weight is 315 g/mol. The van der Waals surface area contributed by atoms with Gasteiger partial charge in [0.05, 0.1) is 12.2 Å². The molecule has 0 aromatic carbocycles. The first-order valence-corrected chi connectivity index (χ1v) is 10.1. The zero-order valence-electron chi connectivity index (χ0n) is 15.4. The maximum atomic E-state index is 9.97. The minimum absolute atomic E-state index is 0.203. The Labute approximate surface area is 139 Å². The summed E-state index contributed by atoms with van der Waals surface area (Å²) in [5.74, 6) is 0. The van der Waals surface area contributed by atoms with Gasteiger partial charge in [-0.05, 0) is 25.7 Å². The van der Waals surface area contributed by atoms with Crippen molar-refractivity contribution in [1.29, 1.82) is 0 Å². The Hall–Kier alpha value is -0.0800. The van der Waals surface area contributed by atoms with E-state index in [1.165, 1.54) is 64.2 Å². The smallest absolute Gasteiger partial charge is 0.0541 e. The number of unbranched alkanes of at least 4 members (excludes halogenated alkanes) is 10. The standard InChI is InChI=1S/C20H42O2/c1-3-5-7-9-10-12-14-16-20(22)18-17-19(21)15-13-11-8-6-4-2/h19-22H,3-18H2,1-2H3/t19-,20-/m0/s1. The summed E-state index contributed by atoms with van der Waals surface area (Å²) in [6.45, 7) is 4.47. The highest BCUT2D eigenvalue weighted by atomic mass is 16.3.